The van der Waals surface area contributed by atoms with Gasteiger partial charge in [-0.3, -0.25) is 9.89 Å². The molecule has 0 spiro atoms. The number of rotatable bonds is 6. The Morgan fingerprint density at radius 3 is 2.48 bits per heavy atom. The van der Waals surface area contributed by atoms with Gasteiger partial charge in [-0.2, -0.15) is 0 Å². The number of nitrogens with two attached hydrogens (primary N) is 1. The molecule has 1 heterocycles. The summed E-state index contributed by atoms with van der Waals surface area (Å²) >= 11 is 0. The Bertz CT molecular complexity index is 492. The van der Waals surface area contributed by atoms with Crippen molar-refractivity contribution < 1.29 is 4.74 Å². The first-order chi connectivity index (χ1) is 11.1. The summed E-state index contributed by atoms with van der Waals surface area (Å²) in [5, 5.41) is 3.17. The van der Waals surface area contributed by atoms with Crippen molar-refractivity contribution in [3.8, 4) is 0 Å². The van der Waals surface area contributed by atoms with Crippen LogP contribution in [-0.2, 0) is 11.2 Å². The maximum absolute atomic E-state index is 6.05. The van der Waals surface area contributed by atoms with Gasteiger partial charge < -0.3 is 15.8 Å². The van der Waals surface area contributed by atoms with Crippen molar-refractivity contribution in [3.05, 3.63) is 29.8 Å². The molecule has 2 rings (SSSR count). The summed E-state index contributed by atoms with van der Waals surface area (Å²) in [6.45, 7) is 10.9. The number of nitrogens with one attached hydrogen (secondary N) is 1. The Kier molecular flexibility index (Phi) is 6.86. The molecule has 0 aromatic heterocycles. The molecule has 128 valence electrons. The normalized spacial score (nSPS) is 18.2. The molecule has 3 N–H and O–H groups in total. The van der Waals surface area contributed by atoms with Crippen molar-refractivity contribution in [1.29, 1.82) is 0 Å². The van der Waals surface area contributed by atoms with Crippen molar-refractivity contribution in [1.82, 2.24) is 4.90 Å². The Morgan fingerprint density at radius 2 is 1.91 bits per heavy atom. The fraction of sp³-hybridized carbons (Fsp3) is 0.611. The third kappa shape index (κ3) is 5.52. The molecule has 0 aliphatic carbocycles. The number of benzene rings is 1. The quantitative estimate of drug-likeness (QED) is 0.624. The largest absolute Gasteiger partial charge is 0.379 e. The highest BCUT2D eigenvalue weighted by molar-refractivity contribution is 5.92. The highest BCUT2D eigenvalue weighted by atomic mass is 16.5. The summed E-state index contributed by atoms with van der Waals surface area (Å²) in [7, 11) is 0. The Labute approximate surface area is 139 Å². The molecule has 0 amide bonds. The van der Waals surface area contributed by atoms with Gasteiger partial charge in [-0.1, -0.05) is 32.9 Å². The zero-order valence-electron chi connectivity index (χ0n) is 14.6. The lowest BCUT2D eigenvalue weighted by atomic mass is 10.0. The maximum Gasteiger partial charge on any atom is 0.193 e. The van der Waals surface area contributed by atoms with Crippen LogP contribution >= 0.6 is 0 Å². The molecule has 0 bridgehead atoms. The summed E-state index contributed by atoms with van der Waals surface area (Å²) < 4.78 is 5.44. The number of ether oxygens (including phenoxy) is 1. The van der Waals surface area contributed by atoms with Crippen LogP contribution < -0.4 is 11.1 Å². The molecule has 1 aromatic rings. The molecule has 5 heteroatoms. The topological polar surface area (TPSA) is 62.9 Å². The third-order valence-electron chi connectivity index (χ3n) is 4.37. The van der Waals surface area contributed by atoms with Gasteiger partial charge in [0.25, 0.3) is 0 Å². The van der Waals surface area contributed by atoms with Crippen LogP contribution in [0.2, 0.25) is 0 Å². The van der Waals surface area contributed by atoms with Crippen LogP contribution in [0.15, 0.2) is 29.3 Å². The molecule has 1 atom stereocenters. The lowest BCUT2D eigenvalue weighted by molar-refractivity contribution is 0.00870. The second kappa shape index (κ2) is 8.89. The van der Waals surface area contributed by atoms with Crippen molar-refractivity contribution in [2.24, 2.45) is 16.6 Å². The van der Waals surface area contributed by atoms with E-state index in [1.165, 1.54) is 5.56 Å². The molecule has 1 aromatic carbocycles. The van der Waals surface area contributed by atoms with Gasteiger partial charge in [0, 0.05) is 24.8 Å². The SMILES string of the molecule is CCc1ccc(NC(N)=NCC(C(C)C)N2CCOCC2)cc1. The minimum Gasteiger partial charge on any atom is -0.379 e. The average molecular weight is 318 g/mol. The van der Waals surface area contributed by atoms with E-state index in [1.54, 1.807) is 0 Å². The Morgan fingerprint density at radius 1 is 1.26 bits per heavy atom. The van der Waals surface area contributed by atoms with E-state index in [2.05, 4.69) is 48.1 Å². The zero-order chi connectivity index (χ0) is 16.7. The number of anilines is 1. The molecule has 5 nitrogen and oxygen atoms in total. The van der Waals surface area contributed by atoms with Crippen LogP contribution in [0.3, 0.4) is 0 Å². The minimum absolute atomic E-state index is 0.404. The summed E-state index contributed by atoms with van der Waals surface area (Å²) in [4.78, 5) is 7.02. The molecular formula is C18H30N4O. The standard InChI is InChI=1S/C18H30N4O/c1-4-15-5-7-16(8-6-15)21-18(19)20-13-17(14(2)3)22-9-11-23-12-10-22/h5-8,14,17H,4,9-13H2,1-3H3,(H3,19,20,21). The summed E-state index contributed by atoms with van der Waals surface area (Å²) in [5.74, 6) is 1.02. The van der Waals surface area contributed by atoms with Crippen LogP contribution in [0.1, 0.15) is 26.3 Å². The van der Waals surface area contributed by atoms with Crippen molar-refractivity contribution in [2.75, 3.05) is 38.2 Å². The monoisotopic (exact) mass is 318 g/mol. The summed E-state index contributed by atoms with van der Waals surface area (Å²) in [6.07, 6.45) is 1.04. The number of morpholine rings is 1. The van der Waals surface area contributed by atoms with E-state index < -0.39 is 0 Å². The van der Waals surface area contributed by atoms with E-state index in [1.807, 2.05) is 12.1 Å². The first kappa shape index (κ1) is 17.8. The number of hydrogen-bond acceptors (Lipinski definition) is 3. The smallest absolute Gasteiger partial charge is 0.193 e. The zero-order valence-corrected chi connectivity index (χ0v) is 14.6. The number of aliphatic imine (C=N–C) groups is 1. The second-order valence-electron chi connectivity index (χ2n) is 6.36. The molecular weight excluding hydrogens is 288 g/mol. The van der Waals surface area contributed by atoms with Gasteiger partial charge in [-0.25, -0.2) is 0 Å². The van der Waals surface area contributed by atoms with E-state index in [0.717, 1.165) is 38.4 Å². The molecule has 1 aliphatic heterocycles. The van der Waals surface area contributed by atoms with Crippen molar-refractivity contribution >= 4 is 11.6 Å². The van der Waals surface area contributed by atoms with E-state index >= 15 is 0 Å². The van der Waals surface area contributed by atoms with Gasteiger partial charge in [0.15, 0.2) is 5.96 Å². The summed E-state index contributed by atoms with van der Waals surface area (Å²) in [5.41, 5.74) is 8.35. The van der Waals surface area contributed by atoms with Crippen LogP contribution in [-0.4, -0.2) is 49.7 Å². The third-order valence-corrected chi connectivity index (χ3v) is 4.37. The Hall–Kier alpha value is -1.59. The average Bonchev–Trinajstić information content (AvgIpc) is 2.56. The predicted octanol–water partition coefficient (Wildman–Crippen LogP) is 2.33. The van der Waals surface area contributed by atoms with Crippen LogP contribution in [0.4, 0.5) is 5.69 Å². The molecule has 0 radical (unpaired) electrons. The van der Waals surface area contributed by atoms with E-state index in [-0.39, 0.29) is 0 Å². The van der Waals surface area contributed by atoms with Gasteiger partial charge in [-0.15, -0.1) is 0 Å². The lowest BCUT2D eigenvalue weighted by Gasteiger charge is -2.36. The van der Waals surface area contributed by atoms with E-state index in [4.69, 9.17) is 10.5 Å². The summed E-state index contributed by atoms with van der Waals surface area (Å²) in [6, 6.07) is 8.72. The number of guanidine groups is 1. The predicted molar refractivity (Wildman–Crippen MR) is 97.0 cm³/mol. The molecule has 1 fully saturated rings. The number of aryl methyl sites for hydroxylation is 1. The molecule has 1 unspecified atom stereocenters. The highest BCUT2D eigenvalue weighted by Crippen LogP contribution is 2.14. The number of nitrogens with zero attached hydrogens (tertiary/aromatic N) is 2. The van der Waals surface area contributed by atoms with Crippen LogP contribution in [0, 0.1) is 5.92 Å². The minimum atomic E-state index is 0.404. The first-order valence-corrected chi connectivity index (χ1v) is 8.57. The van der Waals surface area contributed by atoms with E-state index in [9.17, 15) is 0 Å². The Balaban J connectivity index is 1.92. The van der Waals surface area contributed by atoms with E-state index in [0.29, 0.717) is 24.5 Å². The molecule has 0 saturated carbocycles. The fourth-order valence-electron chi connectivity index (χ4n) is 2.86. The van der Waals surface area contributed by atoms with Gasteiger partial charge in [0.1, 0.15) is 0 Å². The fourth-order valence-corrected chi connectivity index (χ4v) is 2.86. The maximum atomic E-state index is 6.05. The number of hydrogen-bond donors (Lipinski definition) is 2. The van der Waals surface area contributed by atoms with Crippen molar-refractivity contribution in [3.63, 3.8) is 0 Å². The van der Waals surface area contributed by atoms with Crippen molar-refractivity contribution in [2.45, 2.75) is 33.2 Å². The van der Waals surface area contributed by atoms with Gasteiger partial charge in [0.2, 0.25) is 0 Å². The lowest BCUT2D eigenvalue weighted by Crippen LogP contribution is -2.47. The molecule has 1 saturated heterocycles. The van der Waals surface area contributed by atoms with Crippen LogP contribution in [0.25, 0.3) is 0 Å². The molecule has 1 aliphatic rings. The van der Waals surface area contributed by atoms with Gasteiger partial charge in [-0.05, 0) is 30.0 Å². The van der Waals surface area contributed by atoms with Gasteiger partial charge in [0.05, 0.1) is 19.8 Å². The van der Waals surface area contributed by atoms with Crippen LogP contribution in [0.5, 0.6) is 0 Å². The highest BCUT2D eigenvalue weighted by Gasteiger charge is 2.23. The first-order valence-electron chi connectivity index (χ1n) is 8.57. The molecule has 23 heavy (non-hydrogen) atoms. The van der Waals surface area contributed by atoms with Gasteiger partial charge >= 0.3 is 0 Å². The second-order valence-corrected chi connectivity index (χ2v) is 6.36.